The summed E-state index contributed by atoms with van der Waals surface area (Å²) in [7, 11) is 1.72. The van der Waals surface area contributed by atoms with E-state index in [1.165, 1.54) is 12.1 Å². The Hall–Kier alpha value is -1.50. The fourth-order valence-corrected chi connectivity index (χ4v) is 2.69. The van der Waals surface area contributed by atoms with E-state index in [0.29, 0.717) is 10.7 Å². The highest BCUT2D eigenvalue weighted by atomic mass is 79.9. The van der Waals surface area contributed by atoms with Crippen LogP contribution in [0.3, 0.4) is 0 Å². The molecule has 0 saturated carbocycles. The zero-order chi connectivity index (χ0) is 15.6. The number of halogens is 3. The predicted molar refractivity (Wildman–Crippen MR) is 84.5 cm³/mol. The van der Waals surface area contributed by atoms with Crippen molar-refractivity contribution in [1.29, 1.82) is 0 Å². The first-order valence-corrected chi connectivity index (χ1v) is 7.31. The van der Waals surface area contributed by atoms with Gasteiger partial charge >= 0.3 is 0 Å². The standard InChI is InChI=1S/C13H10BrCl2N3O2/c1-19-6-7(14)4-11(19)13(21)18-17-12(20)9-3-2-8(15)5-10(9)16/h2-6H,1H3,(H,17,20)(H,18,21). The largest absolute Gasteiger partial charge is 0.345 e. The molecule has 2 N–H and O–H groups in total. The second-order valence-corrected chi connectivity index (χ2v) is 5.95. The summed E-state index contributed by atoms with van der Waals surface area (Å²) >= 11 is 14.9. The van der Waals surface area contributed by atoms with Crippen molar-refractivity contribution < 1.29 is 9.59 Å². The van der Waals surface area contributed by atoms with Gasteiger partial charge in [0.05, 0.1) is 10.6 Å². The summed E-state index contributed by atoms with van der Waals surface area (Å²) in [4.78, 5) is 23.9. The van der Waals surface area contributed by atoms with Gasteiger partial charge in [0.25, 0.3) is 11.8 Å². The summed E-state index contributed by atoms with van der Waals surface area (Å²) in [6.45, 7) is 0. The third-order valence-electron chi connectivity index (χ3n) is 2.67. The fraction of sp³-hybridized carbons (Fsp3) is 0.0769. The summed E-state index contributed by atoms with van der Waals surface area (Å²) in [5.41, 5.74) is 5.23. The molecule has 1 aromatic carbocycles. The maximum Gasteiger partial charge on any atom is 0.286 e. The van der Waals surface area contributed by atoms with Crippen molar-refractivity contribution in [1.82, 2.24) is 15.4 Å². The van der Waals surface area contributed by atoms with Crippen LogP contribution in [0.2, 0.25) is 10.0 Å². The van der Waals surface area contributed by atoms with Crippen LogP contribution in [-0.4, -0.2) is 16.4 Å². The van der Waals surface area contributed by atoms with Crippen LogP contribution in [0.25, 0.3) is 0 Å². The number of rotatable bonds is 2. The zero-order valence-corrected chi connectivity index (χ0v) is 13.9. The van der Waals surface area contributed by atoms with Crippen LogP contribution >= 0.6 is 39.1 Å². The van der Waals surface area contributed by atoms with Gasteiger partial charge in [-0.2, -0.15) is 0 Å². The van der Waals surface area contributed by atoms with Gasteiger partial charge in [-0.25, -0.2) is 0 Å². The Labute approximate surface area is 139 Å². The van der Waals surface area contributed by atoms with Gasteiger partial charge in [0.2, 0.25) is 0 Å². The molecule has 5 nitrogen and oxygen atoms in total. The fourth-order valence-electron chi connectivity index (χ4n) is 1.67. The van der Waals surface area contributed by atoms with E-state index < -0.39 is 11.8 Å². The summed E-state index contributed by atoms with van der Waals surface area (Å²) in [6, 6.07) is 6.11. The Morgan fingerprint density at radius 2 is 1.81 bits per heavy atom. The molecule has 0 radical (unpaired) electrons. The van der Waals surface area contributed by atoms with Crippen molar-refractivity contribution in [3.8, 4) is 0 Å². The number of nitrogens with one attached hydrogen (secondary N) is 2. The molecule has 2 rings (SSSR count). The van der Waals surface area contributed by atoms with E-state index in [2.05, 4.69) is 26.8 Å². The highest BCUT2D eigenvalue weighted by Gasteiger charge is 2.14. The van der Waals surface area contributed by atoms with Gasteiger partial charge < -0.3 is 4.57 Å². The number of carbonyl (C=O) groups excluding carboxylic acids is 2. The van der Waals surface area contributed by atoms with Crippen molar-refractivity contribution in [2.75, 3.05) is 0 Å². The average Bonchev–Trinajstić information content (AvgIpc) is 2.74. The number of amides is 2. The molecular weight excluding hydrogens is 381 g/mol. The monoisotopic (exact) mass is 389 g/mol. The third kappa shape index (κ3) is 3.78. The molecule has 0 aliphatic rings. The van der Waals surface area contributed by atoms with E-state index in [1.807, 2.05) is 0 Å². The molecule has 0 saturated heterocycles. The van der Waals surface area contributed by atoms with Gasteiger partial charge in [0.1, 0.15) is 5.69 Å². The van der Waals surface area contributed by atoms with Crippen LogP contribution < -0.4 is 10.9 Å². The van der Waals surface area contributed by atoms with Crippen LogP contribution in [-0.2, 0) is 7.05 Å². The average molecular weight is 391 g/mol. The molecule has 0 fully saturated rings. The zero-order valence-electron chi connectivity index (χ0n) is 10.8. The Morgan fingerprint density at radius 1 is 1.14 bits per heavy atom. The van der Waals surface area contributed by atoms with E-state index in [-0.39, 0.29) is 10.6 Å². The normalized spacial score (nSPS) is 10.3. The lowest BCUT2D eigenvalue weighted by molar-refractivity contribution is 0.0842. The second kappa shape index (κ2) is 6.51. The van der Waals surface area contributed by atoms with Crippen molar-refractivity contribution in [3.63, 3.8) is 0 Å². The molecule has 0 aliphatic heterocycles. The maximum absolute atomic E-state index is 11.9. The van der Waals surface area contributed by atoms with Crippen molar-refractivity contribution >= 4 is 50.9 Å². The van der Waals surface area contributed by atoms with Crippen LogP contribution in [0.4, 0.5) is 0 Å². The highest BCUT2D eigenvalue weighted by molar-refractivity contribution is 9.10. The number of hydrogen-bond donors (Lipinski definition) is 2. The summed E-state index contributed by atoms with van der Waals surface area (Å²) < 4.78 is 2.39. The molecule has 21 heavy (non-hydrogen) atoms. The number of nitrogens with zero attached hydrogens (tertiary/aromatic N) is 1. The van der Waals surface area contributed by atoms with E-state index >= 15 is 0 Å². The van der Waals surface area contributed by atoms with E-state index in [9.17, 15) is 9.59 Å². The molecule has 2 aromatic rings. The third-order valence-corrected chi connectivity index (χ3v) is 3.65. The van der Waals surface area contributed by atoms with Crippen LogP contribution in [0.1, 0.15) is 20.8 Å². The number of carbonyl (C=O) groups is 2. The molecule has 0 aliphatic carbocycles. The molecule has 0 unspecified atom stereocenters. The second-order valence-electron chi connectivity index (χ2n) is 4.19. The topological polar surface area (TPSA) is 63.1 Å². The Morgan fingerprint density at radius 3 is 2.38 bits per heavy atom. The minimum Gasteiger partial charge on any atom is -0.345 e. The summed E-state index contributed by atoms with van der Waals surface area (Å²) in [5.74, 6) is -0.972. The van der Waals surface area contributed by atoms with Crippen LogP contribution in [0.15, 0.2) is 34.9 Å². The van der Waals surface area contributed by atoms with Crippen LogP contribution in [0.5, 0.6) is 0 Å². The number of benzene rings is 1. The SMILES string of the molecule is Cn1cc(Br)cc1C(=O)NNC(=O)c1ccc(Cl)cc1Cl. The molecular formula is C13H10BrCl2N3O2. The number of aromatic nitrogens is 1. The molecule has 0 atom stereocenters. The smallest absolute Gasteiger partial charge is 0.286 e. The molecule has 8 heteroatoms. The number of hydrogen-bond acceptors (Lipinski definition) is 2. The van der Waals surface area contributed by atoms with Gasteiger partial charge in [-0.1, -0.05) is 23.2 Å². The van der Waals surface area contributed by atoms with Gasteiger partial charge in [-0.05, 0) is 40.2 Å². The quantitative estimate of drug-likeness (QED) is 0.773. The van der Waals surface area contributed by atoms with E-state index in [1.54, 1.807) is 29.9 Å². The Balaban J connectivity index is 2.04. The molecule has 0 spiro atoms. The van der Waals surface area contributed by atoms with Crippen molar-refractivity contribution in [2.24, 2.45) is 7.05 Å². The Bertz CT molecular complexity index is 715. The van der Waals surface area contributed by atoms with Crippen LogP contribution in [0, 0.1) is 0 Å². The lowest BCUT2D eigenvalue weighted by atomic mass is 10.2. The van der Waals surface area contributed by atoms with Gasteiger partial charge in [0, 0.05) is 22.7 Å². The van der Waals surface area contributed by atoms with Crippen molar-refractivity contribution in [2.45, 2.75) is 0 Å². The minimum absolute atomic E-state index is 0.205. The molecule has 2 amide bonds. The maximum atomic E-state index is 11.9. The lowest BCUT2D eigenvalue weighted by Crippen LogP contribution is -2.42. The van der Waals surface area contributed by atoms with E-state index in [4.69, 9.17) is 23.2 Å². The van der Waals surface area contributed by atoms with E-state index in [0.717, 1.165) is 4.47 Å². The summed E-state index contributed by atoms with van der Waals surface area (Å²) in [6.07, 6.45) is 1.73. The number of aryl methyl sites for hydroxylation is 1. The van der Waals surface area contributed by atoms with Gasteiger partial charge in [-0.3, -0.25) is 20.4 Å². The number of hydrazine groups is 1. The highest BCUT2D eigenvalue weighted by Crippen LogP contribution is 2.20. The minimum atomic E-state index is -0.529. The summed E-state index contributed by atoms with van der Waals surface area (Å²) in [5, 5.41) is 0.630. The molecule has 110 valence electrons. The van der Waals surface area contributed by atoms with Gasteiger partial charge in [0.15, 0.2) is 0 Å². The van der Waals surface area contributed by atoms with Gasteiger partial charge in [-0.15, -0.1) is 0 Å². The lowest BCUT2D eigenvalue weighted by Gasteiger charge is -2.09. The Kier molecular flexibility index (Phi) is 4.92. The first-order valence-electron chi connectivity index (χ1n) is 5.76. The predicted octanol–water partition coefficient (Wildman–Crippen LogP) is 3.17. The molecule has 1 heterocycles. The molecule has 0 bridgehead atoms. The van der Waals surface area contributed by atoms with Crippen molar-refractivity contribution in [3.05, 3.63) is 56.2 Å². The first-order chi connectivity index (χ1) is 9.88. The first kappa shape index (κ1) is 15.9. The molecule has 1 aromatic heterocycles.